The van der Waals surface area contributed by atoms with Gasteiger partial charge in [0, 0.05) is 0 Å². The van der Waals surface area contributed by atoms with Crippen LogP contribution in [-0.2, 0) is 11.2 Å². The van der Waals surface area contributed by atoms with Crippen molar-refractivity contribution < 1.29 is 14.3 Å². The highest BCUT2D eigenvalue weighted by Crippen LogP contribution is 2.23. The van der Waals surface area contributed by atoms with Gasteiger partial charge in [-0.3, -0.25) is 4.79 Å². The lowest BCUT2D eigenvalue weighted by molar-refractivity contribution is -0.141. The summed E-state index contributed by atoms with van der Waals surface area (Å²) in [6.07, 6.45) is 0.547. The molecule has 0 bridgehead atoms. The second-order valence-corrected chi connectivity index (χ2v) is 3.91. The molecule has 0 heterocycles. The number of carboxylic acids is 1. The fourth-order valence-corrected chi connectivity index (χ4v) is 1.69. The van der Waals surface area contributed by atoms with Crippen LogP contribution in [0, 0.1) is 11.7 Å². The summed E-state index contributed by atoms with van der Waals surface area (Å²) in [7, 11) is 0. The van der Waals surface area contributed by atoms with E-state index in [4.69, 9.17) is 22.4 Å². The molecule has 0 saturated carbocycles. The predicted octanol–water partition coefficient (Wildman–Crippen LogP) is 2.07. The summed E-state index contributed by atoms with van der Waals surface area (Å²) in [5, 5.41) is 8.92. The van der Waals surface area contributed by atoms with Crippen LogP contribution in [0.4, 0.5) is 4.39 Å². The molecule has 1 aromatic rings. The largest absolute Gasteiger partial charge is 0.481 e. The summed E-state index contributed by atoms with van der Waals surface area (Å²) >= 11 is 5.74. The summed E-state index contributed by atoms with van der Waals surface area (Å²) in [6, 6.07) is 4.38. The topological polar surface area (TPSA) is 63.3 Å². The Kier molecular flexibility index (Phi) is 4.71. The van der Waals surface area contributed by atoms with E-state index in [1.165, 1.54) is 12.1 Å². The number of aliphatic carboxylic acids is 1. The van der Waals surface area contributed by atoms with E-state index in [-0.39, 0.29) is 18.0 Å². The van der Waals surface area contributed by atoms with E-state index in [0.29, 0.717) is 12.0 Å². The first kappa shape index (κ1) is 12.9. The number of rotatable bonds is 5. The quantitative estimate of drug-likeness (QED) is 0.835. The molecule has 5 heteroatoms. The van der Waals surface area contributed by atoms with Gasteiger partial charge in [0.1, 0.15) is 5.82 Å². The predicted molar refractivity (Wildman–Crippen MR) is 59.9 cm³/mol. The second kappa shape index (κ2) is 5.82. The van der Waals surface area contributed by atoms with Crippen molar-refractivity contribution in [2.45, 2.75) is 12.8 Å². The van der Waals surface area contributed by atoms with Gasteiger partial charge in [-0.15, -0.1) is 0 Å². The maximum Gasteiger partial charge on any atom is 0.306 e. The summed E-state index contributed by atoms with van der Waals surface area (Å²) < 4.78 is 13.1. The van der Waals surface area contributed by atoms with Crippen molar-refractivity contribution in [2.75, 3.05) is 6.54 Å². The van der Waals surface area contributed by atoms with Crippen molar-refractivity contribution in [2.24, 2.45) is 11.7 Å². The molecule has 0 fully saturated rings. The molecule has 16 heavy (non-hydrogen) atoms. The summed E-state index contributed by atoms with van der Waals surface area (Å²) in [5.41, 5.74) is 5.82. The molecule has 0 aliphatic heterocycles. The fraction of sp³-hybridized carbons (Fsp3) is 0.364. The van der Waals surface area contributed by atoms with Gasteiger partial charge in [0.2, 0.25) is 0 Å². The van der Waals surface area contributed by atoms with Gasteiger partial charge in [-0.1, -0.05) is 23.7 Å². The van der Waals surface area contributed by atoms with Gasteiger partial charge in [-0.25, -0.2) is 4.39 Å². The average molecular weight is 246 g/mol. The number of halogens is 2. The fourth-order valence-electron chi connectivity index (χ4n) is 1.49. The highest BCUT2D eigenvalue weighted by atomic mass is 35.5. The van der Waals surface area contributed by atoms with E-state index < -0.39 is 17.7 Å². The van der Waals surface area contributed by atoms with Crippen LogP contribution in [0.2, 0.25) is 5.02 Å². The Labute approximate surface area is 98.0 Å². The van der Waals surface area contributed by atoms with Crippen molar-refractivity contribution in [3.8, 4) is 0 Å². The van der Waals surface area contributed by atoms with E-state index in [9.17, 15) is 9.18 Å². The van der Waals surface area contributed by atoms with Crippen LogP contribution in [0.25, 0.3) is 0 Å². The van der Waals surface area contributed by atoms with E-state index in [2.05, 4.69) is 0 Å². The minimum Gasteiger partial charge on any atom is -0.481 e. The lowest BCUT2D eigenvalue weighted by atomic mass is 9.96. The Morgan fingerprint density at radius 1 is 1.56 bits per heavy atom. The normalized spacial score (nSPS) is 12.4. The van der Waals surface area contributed by atoms with Gasteiger partial charge >= 0.3 is 5.97 Å². The molecule has 0 aliphatic carbocycles. The van der Waals surface area contributed by atoms with Crippen LogP contribution in [0.1, 0.15) is 12.0 Å². The Morgan fingerprint density at radius 2 is 2.25 bits per heavy atom. The van der Waals surface area contributed by atoms with Gasteiger partial charge in [-0.2, -0.15) is 0 Å². The molecule has 1 atom stereocenters. The molecular weight excluding hydrogens is 233 g/mol. The maximum atomic E-state index is 13.1. The highest BCUT2D eigenvalue weighted by molar-refractivity contribution is 6.31. The summed E-state index contributed by atoms with van der Waals surface area (Å²) in [5.74, 6) is -2.09. The number of hydrogen-bond donors (Lipinski definition) is 2. The van der Waals surface area contributed by atoms with Crippen molar-refractivity contribution in [3.63, 3.8) is 0 Å². The third-order valence-corrected chi connectivity index (χ3v) is 2.79. The van der Waals surface area contributed by atoms with Crippen molar-refractivity contribution >= 4 is 17.6 Å². The minimum absolute atomic E-state index is 0.00854. The number of hydrogen-bond acceptors (Lipinski definition) is 2. The first-order valence-corrected chi connectivity index (χ1v) is 5.29. The highest BCUT2D eigenvalue weighted by Gasteiger charge is 2.19. The molecule has 1 aromatic carbocycles. The zero-order chi connectivity index (χ0) is 12.1. The van der Waals surface area contributed by atoms with Crippen molar-refractivity contribution in [1.29, 1.82) is 0 Å². The Hall–Kier alpha value is -1.13. The van der Waals surface area contributed by atoms with Crippen LogP contribution >= 0.6 is 11.6 Å². The molecule has 0 radical (unpaired) electrons. The summed E-state index contributed by atoms with van der Waals surface area (Å²) in [4.78, 5) is 10.9. The van der Waals surface area contributed by atoms with Gasteiger partial charge in [0.05, 0.1) is 10.9 Å². The minimum atomic E-state index is -0.939. The lowest BCUT2D eigenvalue weighted by Crippen LogP contribution is -2.20. The SMILES string of the molecule is NCCC(Cc1cccc(F)c1Cl)C(=O)O. The lowest BCUT2D eigenvalue weighted by Gasteiger charge is -2.12. The molecule has 3 nitrogen and oxygen atoms in total. The molecule has 0 saturated heterocycles. The Morgan fingerprint density at radius 3 is 2.81 bits per heavy atom. The first-order valence-electron chi connectivity index (χ1n) is 4.92. The van der Waals surface area contributed by atoms with Crippen LogP contribution in [0.15, 0.2) is 18.2 Å². The second-order valence-electron chi connectivity index (χ2n) is 3.53. The van der Waals surface area contributed by atoms with E-state index in [1.807, 2.05) is 0 Å². The van der Waals surface area contributed by atoms with Crippen LogP contribution in [0.3, 0.4) is 0 Å². The molecule has 0 amide bonds. The van der Waals surface area contributed by atoms with Gasteiger partial charge < -0.3 is 10.8 Å². The van der Waals surface area contributed by atoms with Crippen LogP contribution in [-0.4, -0.2) is 17.6 Å². The monoisotopic (exact) mass is 245 g/mol. The number of carbonyl (C=O) groups is 1. The molecule has 0 spiro atoms. The molecule has 88 valence electrons. The van der Waals surface area contributed by atoms with Gasteiger partial charge in [0.25, 0.3) is 0 Å². The average Bonchev–Trinajstić information content (AvgIpc) is 2.23. The molecule has 1 unspecified atom stereocenters. The molecule has 0 aliphatic rings. The van der Waals surface area contributed by atoms with Gasteiger partial charge in [0.15, 0.2) is 0 Å². The molecule has 3 N–H and O–H groups in total. The summed E-state index contributed by atoms with van der Waals surface area (Å²) in [6.45, 7) is 0.282. The molecular formula is C11H13ClFNO2. The number of carboxylic acid groups (broad SMARTS) is 1. The maximum absolute atomic E-state index is 13.1. The Bertz CT molecular complexity index is 384. The van der Waals surface area contributed by atoms with E-state index >= 15 is 0 Å². The zero-order valence-electron chi connectivity index (χ0n) is 8.62. The first-order chi connectivity index (χ1) is 7.56. The van der Waals surface area contributed by atoms with Crippen molar-refractivity contribution in [3.05, 3.63) is 34.6 Å². The van der Waals surface area contributed by atoms with Crippen molar-refractivity contribution in [1.82, 2.24) is 0 Å². The third kappa shape index (κ3) is 3.18. The van der Waals surface area contributed by atoms with Crippen LogP contribution < -0.4 is 5.73 Å². The number of nitrogens with two attached hydrogens (primary N) is 1. The van der Waals surface area contributed by atoms with Crippen LogP contribution in [0.5, 0.6) is 0 Å². The smallest absolute Gasteiger partial charge is 0.306 e. The standard InChI is InChI=1S/C11H13ClFNO2/c12-10-7(2-1-3-9(10)13)6-8(4-5-14)11(15)16/h1-3,8H,4-6,14H2,(H,15,16). The zero-order valence-corrected chi connectivity index (χ0v) is 9.38. The van der Waals surface area contributed by atoms with Gasteiger partial charge in [-0.05, 0) is 31.0 Å². The molecule has 0 aromatic heterocycles. The van der Waals surface area contributed by atoms with E-state index in [1.54, 1.807) is 6.07 Å². The van der Waals surface area contributed by atoms with E-state index in [0.717, 1.165) is 0 Å². The Balaban J connectivity index is 2.85. The molecule has 1 rings (SSSR count). The number of benzene rings is 1. The third-order valence-electron chi connectivity index (χ3n) is 2.36.